The van der Waals surface area contributed by atoms with Crippen molar-refractivity contribution in [3.63, 3.8) is 0 Å². The lowest BCUT2D eigenvalue weighted by Crippen LogP contribution is -2.59. The fraction of sp³-hybridized carbons (Fsp3) is 0.615. The number of aldehydes is 2. The Bertz CT molecular complexity index is 727. The fourth-order valence-corrected chi connectivity index (χ4v) is 5.40. The summed E-state index contributed by atoms with van der Waals surface area (Å²) in [4.78, 5) is 29.0. The standard InChI is InChI=1S/C26H38N2O2/c1-21-17-22(2)25(23(3)18-21)28-16-15-27(26(28,19-29)20-30)24-13-11-9-7-5-4-6-8-10-12-14-24/h15-20,24H,4-14H2,1-3H3. The van der Waals surface area contributed by atoms with Crippen LogP contribution in [0.25, 0.3) is 0 Å². The van der Waals surface area contributed by atoms with Gasteiger partial charge in [0.05, 0.1) is 0 Å². The molecular weight excluding hydrogens is 372 g/mol. The highest BCUT2D eigenvalue weighted by Gasteiger charge is 2.47. The van der Waals surface area contributed by atoms with E-state index in [0.29, 0.717) is 0 Å². The Labute approximate surface area is 182 Å². The van der Waals surface area contributed by atoms with Crippen molar-refractivity contribution in [3.05, 3.63) is 41.2 Å². The van der Waals surface area contributed by atoms with E-state index in [9.17, 15) is 9.59 Å². The Morgan fingerprint density at radius 3 is 1.70 bits per heavy atom. The average molecular weight is 411 g/mol. The number of carbonyl (C=O) groups is 2. The SMILES string of the molecule is Cc1cc(C)c(N2C=CN(C3CCCCCCCCCCC3)C2(C=O)C=O)c(C)c1. The van der Waals surface area contributed by atoms with Crippen LogP contribution in [0.3, 0.4) is 0 Å². The Morgan fingerprint density at radius 1 is 0.767 bits per heavy atom. The molecule has 0 unspecified atom stereocenters. The third-order valence-corrected chi connectivity index (χ3v) is 6.87. The molecule has 1 saturated carbocycles. The molecule has 2 aliphatic rings. The van der Waals surface area contributed by atoms with Crippen LogP contribution in [0, 0.1) is 20.8 Å². The maximum absolute atomic E-state index is 12.5. The molecule has 1 aliphatic heterocycles. The number of nitrogens with zero attached hydrogens (tertiary/aromatic N) is 2. The molecule has 0 amide bonds. The van der Waals surface area contributed by atoms with Gasteiger partial charge in [-0.25, -0.2) is 0 Å². The van der Waals surface area contributed by atoms with E-state index in [1.807, 2.05) is 17.3 Å². The molecule has 1 aliphatic carbocycles. The van der Waals surface area contributed by atoms with Crippen LogP contribution in [0.2, 0.25) is 0 Å². The normalized spacial score (nSPS) is 21.2. The van der Waals surface area contributed by atoms with Gasteiger partial charge in [0.25, 0.3) is 0 Å². The number of benzene rings is 1. The van der Waals surface area contributed by atoms with Gasteiger partial charge in [0.2, 0.25) is 5.66 Å². The summed E-state index contributed by atoms with van der Waals surface area (Å²) >= 11 is 0. The summed E-state index contributed by atoms with van der Waals surface area (Å²) in [6.45, 7) is 6.19. The summed E-state index contributed by atoms with van der Waals surface area (Å²) in [5.74, 6) is 0. The van der Waals surface area contributed by atoms with Gasteiger partial charge in [-0.05, 0) is 44.7 Å². The molecule has 0 aromatic heterocycles. The van der Waals surface area contributed by atoms with Gasteiger partial charge in [-0.3, -0.25) is 9.59 Å². The molecule has 0 N–H and O–H groups in total. The molecule has 1 aromatic rings. The van der Waals surface area contributed by atoms with E-state index in [1.54, 1.807) is 0 Å². The first-order valence-corrected chi connectivity index (χ1v) is 11.8. The zero-order chi connectivity index (χ0) is 21.6. The van der Waals surface area contributed by atoms with Gasteiger partial charge in [0.15, 0.2) is 12.6 Å². The second kappa shape index (κ2) is 10.3. The van der Waals surface area contributed by atoms with Crippen LogP contribution in [0.5, 0.6) is 0 Å². The first-order valence-electron chi connectivity index (χ1n) is 11.8. The van der Waals surface area contributed by atoms with Crippen LogP contribution in [0.15, 0.2) is 24.5 Å². The maximum Gasteiger partial charge on any atom is 0.231 e. The van der Waals surface area contributed by atoms with E-state index < -0.39 is 5.66 Å². The van der Waals surface area contributed by atoms with Crippen molar-refractivity contribution in [2.24, 2.45) is 0 Å². The second-order valence-electron chi connectivity index (χ2n) is 9.25. The van der Waals surface area contributed by atoms with Crippen molar-refractivity contribution >= 4 is 18.3 Å². The summed E-state index contributed by atoms with van der Waals surface area (Å²) in [6.07, 6.45) is 19.1. The largest absolute Gasteiger partial charge is 0.338 e. The number of aryl methyl sites for hydroxylation is 3. The molecule has 0 saturated heterocycles. The van der Waals surface area contributed by atoms with Crippen molar-refractivity contribution < 1.29 is 9.59 Å². The molecule has 164 valence electrons. The first-order chi connectivity index (χ1) is 14.5. The van der Waals surface area contributed by atoms with Gasteiger partial charge >= 0.3 is 0 Å². The van der Waals surface area contributed by atoms with Crippen molar-refractivity contribution in [3.8, 4) is 0 Å². The van der Waals surface area contributed by atoms with Crippen LogP contribution >= 0.6 is 0 Å². The average Bonchev–Trinajstić information content (AvgIpc) is 3.07. The Morgan fingerprint density at radius 2 is 1.23 bits per heavy atom. The summed E-state index contributed by atoms with van der Waals surface area (Å²) in [5, 5.41) is 0. The minimum Gasteiger partial charge on any atom is -0.338 e. The predicted molar refractivity (Wildman–Crippen MR) is 124 cm³/mol. The molecule has 0 spiro atoms. The molecule has 4 nitrogen and oxygen atoms in total. The first kappa shape index (κ1) is 22.6. The molecule has 30 heavy (non-hydrogen) atoms. The van der Waals surface area contributed by atoms with Gasteiger partial charge in [0.1, 0.15) is 0 Å². The van der Waals surface area contributed by atoms with Crippen LogP contribution in [-0.4, -0.2) is 29.2 Å². The number of hydrogen-bond donors (Lipinski definition) is 0. The Hall–Kier alpha value is -2.10. The van der Waals surface area contributed by atoms with Crippen LogP contribution in [-0.2, 0) is 9.59 Å². The lowest BCUT2D eigenvalue weighted by atomic mass is 9.95. The number of anilines is 1. The molecule has 3 rings (SSSR count). The van der Waals surface area contributed by atoms with E-state index in [0.717, 1.165) is 55.1 Å². The zero-order valence-electron chi connectivity index (χ0n) is 19.0. The van der Waals surface area contributed by atoms with Crippen molar-refractivity contribution in [1.29, 1.82) is 0 Å². The van der Waals surface area contributed by atoms with Crippen molar-refractivity contribution in [1.82, 2.24) is 4.90 Å². The van der Waals surface area contributed by atoms with E-state index in [2.05, 4.69) is 37.8 Å². The highest BCUT2D eigenvalue weighted by atomic mass is 16.1. The number of rotatable bonds is 4. The van der Waals surface area contributed by atoms with Gasteiger partial charge in [-0.15, -0.1) is 0 Å². The van der Waals surface area contributed by atoms with E-state index in [1.165, 1.54) is 50.5 Å². The van der Waals surface area contributed by atoms with Crippen LogP contribution in [0.4, 0.5) is 5.69 Å². The minimum absolute atomic E-state index is 0.215. The lowest BCUT2D eigenvalue weighted by Gasteiger charge is -2.42. The number of hydrogen-bond acceptors (Lipinski definition) is 4. The highest BCUT2D eigenvalue weighted by Crippen LogP contribution is 2.38. The third-order valence-electron chi connectivity index (χ3n) is 6.87. The Balaban J connectivity index is 1.90. The highest BCUT2D eigenvalue weighted by molar-refractivity contribution is 5.96. The van der Waals surface area contributed by atoms with Gasteiger partial charge in [-0.2, -0.15) is 0 Å². The summed E-state index contributed by atoms with van der Waals surface area (Å²) in [5.41, 5.74) is 3.05. The van der Waals surface area contributed by atoms with Gasteiger partial charge in [0, 0.05) is 24.1 Å². The van der Waals surface area contributed by atoms with Gasteiger partial charge < -0.3 is 9.80 Å². The monoisotopic (exact) mass is 410 g/mol. The summed E-state index contributed by atoms with van der Waals surface area (Å²) in [7, 11) is 0. The molecule has 1 fully saturated rings. The zero-order valence-corrected chi connectivity index (χ0v) is 19.0. The van der Waals surface area contributed by atoms with Gasteiger partial charge in [-0.1, -0.05) is 75.5 Å². The molecule has 1 heterocycles. The maximum atomic E-state index is 12.5. The topological polar surface area (TPSA) is 40.6 Å². The van der Waals surface area contributed by atoms with E-state index >= 15 is 0 Å². The Kier molecular flexibility index (Phi) is 7.74. The summed E-state index contributed by atoms with van der Waals surface area (Å²) in [6, 6.07) is 4.46. The molecule has 1 aromatic carbocycles. The fourth-order valence-electron chi connectivity index (χ4n) is 5.40. The molecule has 0 atom stereocenters. The molecular formula is C26H38N2O2. The summed E-state index contributed by atoms with van der Waals surface area (Å²) < 4.78 is 0. The van der Waals surface area contributed by atoms with E-state index in [-0.39, 0.29) is 6.04 Å². The molecule has 0 radical (unpaired) electrons. The molecule has 4 heteroatoms. The predicted octanol–water partition coefficient (Wildman–Crippen LogP) is 5.97. The minimum atomic E-state index is -1.29. The smallest absolute Gasteiger partial charge is 0.231 e. The quantitative estimate of drug-likeness (QED) is 0.453. The second-order valence-corrected chi connectivity index (χ2v) is 9.25. The molecule has 0 bridgehead atoms. The van der Waals surface area contributed by atoms with E-state index in [4.69, 9.17) is 0 Å². The van der Waals surface area contributed by atoms with Crippen molar-refractivity contribution in [2.75, 3.05) is 4.90 Å². The number of carbonyl (C=O) groups excluding carboxylic acids is 2. The lowest BCUT2D eigenvalue weighted by molar-refractivity contribution is -0.127. The van der Waals surface area contributed by atoms with Crippen LogP contribution in [0.1, 0.15) is 87.3 Å². The van der Waals surface area contributed by atoms with Crippen LogP contribution < -0.4 is 4.90 Å². The van der Waals surface area contributed by atoms with Crippen molar-refractivity contribution in [2.45, 2.75) is 103 Å². The third kappa shape index (κ3) is 4.63.